The minimum Gasteiger partial charge on any atom is -0.365 e. The molecule has 2 N–H and O–H groups in total. The Morgan fingerprint density at radius 1 is 1.10 bits per heavy atom. The van der Waals surface area contributed by atoms with Gasteiger partial charge in [0.2, 0.25) is 5.95 Å². The lowest BCUT2D eigenvalue weighted by molar-refractivity contribution is 1.12. The van der Waals surface area contributed by atoms with E-state index in [2.05, 4.69) is 66.4 Å². The van der Waals surface area contributed by atoms with Crippen LogP contribution in [0.4, 0.5) is 11.8 Å². The summed E-state index contributed by atoms with van der Waals surface area (Å²) in [6.45, 7) is 2.57. The van der Waals surface area contributed by atoms with E-state index in [-0.39, 0.29) is 0 Å². The first kappa shape index (κ1) is 19.9. The van der Waals surface area contributed by atoms with E-state index in [1.54, 1.807) is 36.9 Å². The maximum Gasteiger partial charge on any atom is 0.249 e. The smallest absolute Gasteiger partial charge is 0.249 e. The van der Waals surface area contributed by atoms with Crippen LogP contribution in [-0.2, 0) is 6.42 Å². The van der Waals surface area contributed by atoms with Gasteiger partial charge in [-0.15, -0.1) is 0 Å². The molecule has 0 atom stereocenters. The van der Waals surface area contributed by atoms with Crippen molar-refractivity contribution in [1.82, 2.24) is 24.9 Å². The molecule has 0 saturated heterocycles. The summed E-state index contributed by atoms with van der Waals surface area (Å²) in [6, 6.07) is 13.8. The molecule has 31 heavy (non-hydrogen) atoms. The lowest BCUT2D eigenvalue weighted by atomic mass is 10.0. The van der Waals surface area contributed by atoms with Crippen molar-refractivity contribution in [2.24, 2.45) is 4.99 Å². The number of nitrogens with one attached hydrogen (secondary N) is 2. The fourth-order valence-electron chi connectivity index (χ4n) is 2.98. The van der Waals surface area contributed by atoms with Crippen LogP contribution in [0.15, 0.2) is 66.2 Å². The Bertz CT molecular complexity index is 1200. The number of pyridine rings is 1. The van der Waals surface area contributed by atoms with Gasteiger partial charge in [-0.2, -0.15) is 5.26 Å². The molecule has 3 aromatic heterocycles. The zero-order valence-corrected chi connectivity index (χ0v) is 16.9. The third-order valence-corrected chi connectivity index (χ3v) is 4.64. The molecule has 0 unspecified atom stereocenters. The van der Waals surface area contributed by atoms with Crippen LogP contribution in [0.2, 0.25) is 0 Å². The van der Waals surface area contributed by atoms with Crippen LogP contribution < -0.4 is 5.32 Å². The molecule has 4 aromatic rings. The van der Waals surface area contributed by atoms with Crippen molar-refractivity contribution < 1.29 is 0 Å². The van der Waals surface area contributed by atoms with E-state index in [0.717, 1.165) is 23.2 Å². The standard InChI is InChI=1S/C23H20N8/c1-2-16-3-6-18(7-4-16)21-19(22-26-10-11-27-22)15-30-23(31-21)28-12-9-25-20-8-5-17(13-24)14-29-20/h3-8,10-12,14-15H,2,9H2,1H3,(H,25,29)(H,26,27)/b28-12-. The Kier molecular flexibility index (Phi) is 6.05. The Labute approximate surface area is 179 Å². The van der Waals surface area contributed by atoms with Crippen LogP contribution in [0.25, 0.3) is 22.6 Å². The largest absolute Gasteiger partial charge is 0.365 e. The highest BCUT2D eigenvalue weighted by Crippen LogP contribution is 2.29. The van der Waals surface area contributed by atoms with Crippen LogP contribution in [0.3, 0.4) is 0 Å². The molecule has 0 radical (unpaired) electrons. The fourth-order valence-corrected chi connectivity index (χ4v) is 2.98. The molecule has 1 aromatic carbocycles. The van der Waals surface area contributed by atoms with Crippen LogP contribution in [0.5, 0.6) is 0 Å². The number of benzene rings is 1. The van der Waals surface area contributed by atoms with Gasteiger partial charge in [0.15, 0.2) is 0 Å². The predicted molar refractivity (Wildman–Crippen MR) is 120 cm³/mol. The summed E-state index contributed by atoms with van der Waals surface area (Å²) >= 11 is 0. The van der Waals surface area contributed by atoms with Crippen molar-refractivity contribution >= 4 is 18.0 Å². The van der Waals surface area contributed by atoms with Gasteiger partial charge in [0.1, 0.15) is 17.7 Å². The molecule has 0 fully saturated rings. The number of imidazole rings is 1. The van der Waals surface area contributed by atoms with Gasteiger partial charge < -0.3 is 10.3 Å². The first-order valence-corrected chi connectivity index (χ1v) is 9.85. The summed E-state index contributed by atoms with van der Waals surface area (Å²) < 4.78 is 0. The molecule has 0 aliphatic carbocycles. The van der Waals surface area contributed by atoms with E-state index in [9.17, 15) is 0 Å². The first-order chi connectivity index (χ1) is 15.3. The minimum absolute atomic E-state index is 0.361. The average Bonchev–Trinajstić information content (AvgIpc) is 3.37. The number of aromatic nitrogens is 5. The second-order valence-corrected chi connectivity index (χ2v) is 6.66. The van der Waals surface area contributed by atoms with Gasteiger partial charge in [0.25, 0.3) is 0 Å². The highest BCUT2D eigenvalue weighted by molar-refractivity contribution is 5.78. The molecule has 0 amide bonds. The predicted octanol–water partition coefficient (Wildman–Crippen LogP) is 4.18. The molecule has 4 rings (SSSR count). The second-order valence-electron chi connectivity index (χ2n) is 6.66. The van der Waals surface area contributed by atoms with Crippen LogP contribution in [0, 0.1) is 11.3 Å². The SMILES string of the molecule is CCc1ccc(-c2nc(/N=C\CNc3ccc(C#N)cn3)ncc2-c2ncc[nH]2)cc1. The van der Waals surface area contributed by atoms with E-state index in [1.165, 1.54) is 11.8 Å². The Morgan fingerprint density at radius 3 is 2.65 bits per heavy atom. The number of rotatable bonds is 7. The van der Waals surface area contributed by atoms with Crippen LogP contribution >= 0.6 is 0 Å². The van der Waals surface area contributed by atoms with Crippen molar-refractivity contribution in [2.45, 2.75) is 13.3 Å². The molecular formula is C23H20N8. The van der Waals surface area contributed by atoms with E-state index in [1.807, 2.05) is 6.07 Å². The van der Waals surface area contributed by atoms with E-state index < -0.39 is 0 Å². The molecule has 0 aliphatic heterocycles. The third kappa shape index (κ3) is 4.79. The molecule has 0 aliphatic rings. The summed E-state index contributed by atoms with van der Waals surface area (Å²) in [7, 11) is 0. The molecule has 152 valence electrons. The molecule has 0 saturated carbocycles. The number of anilines is 1. The van der Waals surface area contributed by atoms with Gasteiger partial charge in [-0.1, -0.05) is 31.2 Å². The lowest BCUT2D eigenvalue weighted by Crippen LogP contribution is -2.04. The van der Waals surface area contributed by atoms with Gasteiger partial charge in [0, 0.05) is 36.6 Å². The molecule has 0 bridgehead atoms. The average molecular weight is 408 g/mol. The number of aliphatic imine (C=N–C) groups is 1. The highest BCUT2D eigenvalue weighted by atomic mass is 15.1. The number of H-pyrrole nitrogens is 1. The normalized spacial score (nSPS) is 10.8. The van der Waals surface area contributed by atoms with Crippen molar-refractivity contribution in [3.8, 4) is 28.7 Å². The Hall–Kier alpha value is -4.38. The van der Waals surface area contributed by atoms with Crippen molar-refractivity contribution in [3.63, 3.8) is 0 Å². The number of aryl methyl sites for hydroxylation is 1. The molecular weight excluding hydrogens is 388 g/mol. The van der Waals surface area contributed by atoms with Gasteiger partial charge >= 0.3 is 0 Å². The summed E-state index contributed by atoms with van der Waals surface area (Å²) in [4.78, 5) is 25.1. The number of nitrogens with zero attached hydrogens (tertiary/aromatic N) is 6. The Balaban J connectivity index is 1.55. The van der Waals surface area contributed by atoms with E-state index in [4.69, 9.17) is 5.26 Å². The van der Waals surface area contributed by atoms with Crippen LogP contribution in [-0.4, -0.2) is 37.7 Å². The molecule has 8 heteroatoms. The highest BCUT2D eigenvalue weighted by Gasteiger charge is 2.13. The first-order valence-electron chi connectivity index (χ1n) is 9.85. The number of nitriles is 1. The fraction of sp³-hybridized carbons (Fsp3) is 0.130. The summed E-state index contributed by atoms with van der Waals surface area (Å²) in [6.07, 6.45) is 9.39. The zero-order chi connectivity index (χ0) is 21.5. The second kappa shape index (κ2) is 9.41. The quantitative estimate of drug-likeness (QED) is 0.443. The Morgan fingerprint density at radius 2 is 1.97 bits per heavy atom. The summed E-state index contributed by atoms with van der Waals surface area (Å²) in [5.74, 6) is 1.73. The van der Waals surface area contributed by atoms with Gasteiger partial charge in [-0.3, -0.25) is 0 Å². The minimum atomic E-state index is 0.361. The maximum absolute atomic E-state index is 8.83. The third-order valence-electron chi connectivity index (χ3n) is 4.64. The monoisotopic (exact) mass is 408 g/mol. The number of hydrogen-bond acceptors (Lipinski definition) is 7. The molecule has 3 heterocycles. The van der Waals surface area contributed by atoms with Gasteiger partial charge in [0.05, 0.1) is 23.4 Å². The van der Waals surface area contributed by atoms with Crippen molar-refractivity contribution in [1.29, 1.82) is 5.26 Å². The topological polar surface area (TPSA) is 116 Å². The van der Waals surface area contributed by atoms with E-state index >= 15 is 0 Å². The lowest BCUT2D eigenvalue weighted by Gasteiger charge is -2.08. The molecule has 0 spiro atoms. The van der Waals surface area contributed by atoms with Gasteiger partial charge in [-0.25, -0.2) is 24.9 Å². The van der Waals surface area contributed by atoms with Crippen LogP contribution in [0.1, 0.15) is 18.1 Å². The van der Waals surface area contributed by atoms with Crippen molar-refractivity contribution in [3.05, 3.63) is 72.3 Å². The number of hydrogen-bond donors (Lipinski definition) is 2. The summed E-state index contributed by atoms with van der Waals surface area (Å²) in [5.41, 5.74) is 4.33. The summed E-state index contributed by atoms with van der Waals surface area (Å²) in [5, 5.41) is 11.9. The zero-order valence-electron chi connectivity index (χ0n) is 16.9. The van der Waals surface area contributed by atoms with E-state index in [0.29, 0.717) is 29.7 Å². The van der Waals surface area contributed by atoms with Crippen molar-refractivity contribution in [2.75, 3.05) is 11.9 Å². The maximum atomic E-state index is 8.83. The molecule has 8 nitrogen and oxygen atoms in total. The number of aromatic amines is 1. The van der Waals surface area contributed by atoms with Gasteiger partial charge in [-0.05, 0) is 24.1 Å².